The van der Waals surface area contributed by atoms with Crippen molar-refractivity contribution in [2.45, 2.75) is 39.7 Å². The zero-order valence-corrected chi connectivity index (χ0v) is 19.6. The van der Waals surface area contributed by atoms with Crippen LogP contribution < -0.4 is 9.47 Å². The van der Waals surface area contributed by atoms with Crippen molar-refractivity contribution in [2.24, 2.45) is 0 Å². The van der Waals surface area contributed by atoms with Crippen molar-refractivity contribution in [3.05, 3.63) is 45.9 Å². The third-order valence-electron chi connectivity index (χ3n) is 5.33. The number of aromatic nitrogens is 1. The largest absolute Gasteiger partial charge is 0.493 e. The molecule has 3 rings (SSSR count). The van der Waals surface area contributed by atoms with Crippen molar-refractivity contribution < 1.29 is 14.3 Å². The average molecular weight is 444 g/mol. The van der Waals surface area contributed by atoms with Crippen LogP contribution in [0.4, 0.5) is 0 Å². The Bertz CT molecular complexity index is 873. The fourth-order valence-corrected chi connectivity index (χ4v) is 4.18. The van der Waals surface area contributed by atoms with Gasteiger partial charge in [-0.3, -0.25) is 9.69 Å². The summed E-state index contributed by atoms with van der Waals surface area (Å²) < 4.78 is 11.2. The minimum atomic E-state index is 0.0452. The highest BCUT2D eigenvalue weighted by molar-refractivity contribution is 7.09. The number of aryl methyl sites for hydroxylation is 1. The number of methoxy groups -OCH3 is 1. The lowest BCUT2D eigenvalue weighted by Gasteiger charge is -2.33. The summed E-state index contributed by atoms with van der Waals surface area (Å²) in [5.41, 5.74) is 2.06. The van der Waals surface area contributed by atoms with Crippen molar-refractivity contribution in [1.29, 1.82) is 0 Å². The van der Waals surface area contributed by atoms with Gasteiger partial charge in [0, 0.05) is 44.2 Å². The number of benzene rings is 1. The number of amides is 1. The van der Waals surface area contributed by atoms with Gasteiger partial charge in [-0.05, 0) is 36.6 Å². The quantitative estimate of drug-likeness (QED) is 0.406. The van der Waals surface area contributed by atoms with Crippen molar-refractivity contribution in [1.82, 2.24) is 14.8 Å². The molecule has 1 aromatic heterocycles. The molecule has 1 aromatic carbocycles. The maximum absolute atomic E-state index is 12.6. The first-order chi connectivity index (χ1) is 15.1. The average Bonchev–Trinajstić information content (AvgIpc) is 3.26. The molecule has 1 aliphatic rings. The topological polar surface area (TPSA) is 54.9 Å². The standard InChI is InChI=1S/C24H33N3O3S/c1-4-6-15-30-21-9-7-19(16-22(21)29-3)8-10-24(28)27-13-11-26(12-14-27)17-20-18-31-23(5-2)25-20/h7-10,16,18H,4-6,11-15,17H2,1-3H3/b10-8+. The SMILES string of the molecule is CCCCOc1ccc(/C=C/C(=O)N2CCN(Cc3csc(CC)n3)CC2)cc1OC. The maximum atomic E-state index is 12.6. The van der Waals surface area contributed by atoms with Crippen LogP contribution in [0.1, 0.15) is 43.0 Å². The number of nitrogens with zero attached hydrogens (tertiary/aromatic N) is 3. The van der Waals surface area contributed by atoms with Crippen molar-refractivity contribution >= 4 is 23.3 Å². The fraction of sp³-hybridized carbons (Fsp3) is 0.500. The van der Waals surface area contributed by atoms with Gasteiger partial charge >= 0.3 is 0 Å². The van der Waals surface area contributed by atoms with E-state index < -0.39 is 0 Å². The molecule has 0 bridgehead atoms. The molecule has 7 heteroatoms. The minimum Gasteiger partial charge on any atom is -0.493 e. The zero-order chi connectivity index (χ0) is 22.1. The molecule has 2 aromatic rings. The highest BCUT2D eigenvalue weighted by Crippen LogP contribution is 2.28. The molecule has 0 N–H and O–H groups in total. The Labute approximate surface area is 189 Å². The van der Waals surface area contributed by atoms with Crippen LogP contribution in [0.2, 0.25) is 0 Å². The first kappa shape index (κ1) is 23.3. The number of hydrogen-bond donors (Lipinski definition) is 0. The van der Waals surface area contributed by atoms with Gasteiger partial charge in [0.05, 0.1) is 24.4 Å². The summed E-state index contributed by atoms with van der Waals surface area (Å²) in [5.74, 6) is 1.47. The van der Waals surface area contributed by atoms with E-state index in [-0.39, 0.29) is 5.91 Å². The third kappa shape index (κ3) is 6.80. The van der Waals surface area contributed by atoms with Crippen LogP contribution >= 0.6 is 11.3 Å². The fourth-order valence-electron chi connectivity index (χ4n) is 3.45. The molecular weight excluding hydrogens is 410 g/mol. The molecule has 1 aliphatic heterocycles. The molecule has 1 saturated heterocycles. The Morgan fingerprint density at radius 1 is 1.19 bits per heavy atom. The Kier molecular flexibility index (Phi) is 8.91. The summed E-state index contributed by atoms with van der Waals surface area (Å²) in [5, 5.41) is 3.33. The number of carbonyl (C=O) groups excluding carboxylic acids is 1. The van der Waals surface area contributed by atoms with Crippen LogP contribution in [-0.4, -0.2) is 60.6 Å². The second-order valence-corrected chi connectivity index (χ2v) is 8.58. The summed E-state index contributed by atoms with van der Waals surface area (Å²) in [6.45, 7) is 9.02. The number of rotatable bonds is 10. The molecule has 0 saturated carbocycles. The van der Waals surface area contributed by atoms with Gasteiger partial charge in [0.2, 0.25) is 5.91 Å². The lowest BCUT2D eigenvalue weighted by molar-refractivity contribution is -0.127. The van der Waals surface area contributed by atoms with Crippen LogP contribution in [0.5, 0.6) is 11.5 Å². The number of hydrogen-bond acceptors (Lipinski definition) is 6. The van der Waals surface area contributed by atoms with E-state index >= 15 is 0 Å². The summed E-state index contributed by atoms with van der Waals surface area (Å²) in [4.78, 5) is 21.5. The van der Waals surface area contributed by atoms with E-state index in [9.17, 15) is 4.79 Å². The molecule has 168 valence electrons. The molecular formula is C24H33N3O3S. The van der Waals surface area contributed by atoms with Crippen LogP contribution in [0.3, 0.4) is 0 Å². The Morgan fingerprint density at radius 2 is 2.00 bits per heavy atom. The second-order valence-electron chi connectivity index (χ2n) is 7.63. The van der Waals surface area contributed by atoms with E-state index in [0.717, 1.165) is 69.0 Å². The zero-order valence-electron chi connectivity index (χ0n) is 18.8. The number of carbonyl (C=O) groups is 1. The van der Waals surface area contributed by atoms with Gasteiger partial charge < -0.3 is 14.4 Å². The van der Waals surface area contributed by atoms with Gasteiger partial charge in [0.25, 0.3) is 0 Å². The summed E-state index contributed by atoms with van der Waals surface area (Å²) in [6.07, 6.45) is 6.57. The van der Waals surface area contributed by atoms with E-state index in [0.29, 0.717) is 12.4 Å². The van der Waals surface area contributed by atoms with Gasteiger partial charge in [-0.2, -0.15) is 0 Å². The minimum absolute atomic E-state index is 0.0452. The van der Waals surface area contributed by atoms with Gasteiger partial charge in [-0.1, -0.05) is 26.3 Å². The highest BCUT2D eigenvalue weighted by Gasteiger charge is 2.20. The van der Waals surface area contributed by atoms with Gasteiger partial charge in [0.1, 0.15) is 0 Å². The van der Waals surface area contributed by atoms with Crippen LogP contribution in [0.15, 0.2) is 29.7 Å². The lowest BCUT2D eigenvalue weighted by Crippen LogP contribution is -2.47. The predicted octanol–water partition coefficient (Wildman–Crippen LogP) is 4.25. The molecule has 31 heavy (non-hydrogen) atoms. The van der Waals surface area contributed by atoms with Gasteiger partial charge in [0.15, 0.2) is 11.5 Å². The van der Waals surface area contributed by atoms with E-state index in [1.54, 1.807) is 24.5 Å². The van der Waals surface area contributed by atoms with Crippen LogP contribution in [-0.2, 0) is 17.8 Å². The molecule has 6 nitrogen and oxygen atoms in total. The molecule has 0 aliphatic carbocycles. The van der Waals surface area contributed by atoms with Crippen LogP contribution in [0.25, 0.3) is 6.08 Å². The van der Waals surface area contributed by atoms with Crippen LogP contribution in [0, 0.1) is 0 Å². The molecule has 0 unspecified atom stereocenters. The second kappa shape index (κ2) is 11.9. The Hall–Kier alpha value is -2.38. The van der Waals surface area contributed by atoms with E-state index in [4.69, 9.17) is 9.47 Å². The first-order valence-corrected chi connectivity index (χ1v) is 11.9. The summed E-state index contributed by atoms with van der Waals surface area (Å²) in [6, 6.07) is 5.76. The third-order valence-corrected chi connectivity index (χ3v) is 6.37. The van der Waals surface area contributed by atoms with E-state index in [1.165, 1.54) is 5.01 Å². The maximum Gasteiger partial charge on any atom is 0.246 e. The van der Waals surface area contributed by atoms with Crippen molar-refractivity contribution in [3.63, 3.8) is 0 Å². The van der Waals surface area contributed by atoms with E-state index in [1.807, 2.05) is 29.2 Å². The lowest BCUT2D eigenvalue weighted by atomic mass is 10.1. The number of ether oxygens (including phenoxy) is 2. The van der Waals surface area contributed by atoms with Gasteiger partial charge in [-0.25, -0.2) is 4.98 Å². The summed E-state index contributed by atoms with van der Waals surface area (Å²) in [7, 11) is 1.63. The Balaban J connectivity index is 1.49. The van der Waals surface area contributed by atoms with Crippen molar-refractivity contribution in [2.75, 3.05) is 39.9 Å². The predicted molar refractivity (Wildman–Crippen MR) is 126 cm³/mol. The van der Waals surface area contributed by atoms with Gasteiger partial charge in [-0.15, -0.1) is 11.3 Å². The molecule has 0 atom stereocenters. The smallest absolute Gasteiger partial charge is 0.246 e. The molecule has 0 spiro atoms. The highest BCUT2D eigenvalue weighted by atomic mass is 32.1. The van der Waals surface area contributed by atoms with E-state index in [2.05, 4.69) is 29.1 Å². The monoisotopic (exact) mass is 443 g/mol. The molecule has 2 heterocycles. The summed E-state index contributed by atoms with van der Waals surface area (Å²) >= 11 is 1.73. The molecule has 1 fully saturated rings. The molecule has 0 radical (unpaired) electrons. The number of unbranched alkanes of at least 4 members (excludes halogenated alkanes) is 1. The number of thiazole rings is 1. The number of piperazine rings is 1. The normalized spacial score (nSPS) is 14.9. The Morgan fingerprint density at radius 3 is 2.68 bits per heavy atom. The molecule has 1 amide bonds. The first-order valence-electron chi connectivity index (χ1n) is 11.1. The van der Waals surface area contributed by atoms with Crippen molar-refractivity contribution in [3.8, 4) is 11.5 Å².